The number of anilines is 2. The molecule has 0 saturated carbocycles. The van der Waals surface area contributed by atoms with Gasteiger partial charge >= 0.3 is 6.03 Å². The molecule has 1 fully saturated rings. The smallest absolute Gasteiger partial charge is 0.321 e. The van der Waals surface area contributed by atoms with Crippen LogP contribution in [0.5, 0.6) is 0 Å². The highest BCUT2D eigenvalue weighted by molar-refractivity contribution is 7.46. The molecule has 0 aliphatic carbocycles. The number of nitrogens with one attached hydrogen (secondary N) is 2. The second-order valence-corrected chi connectivity index (χ2v) is 11.2. The zero-order valence-corrected chi connectivity index (χ0v) is 23.3. The molecule has 5 aromatic rings. The van der Waals surface area contributed by atoms with Gasteiger partial charge in [0.1, 0.15) is 5.82 Å². The van der Waals surface area contributed by atoms with E-state index in [1.807, 2.05) is 45.9 Å². The number of piperidine rings is 1. The van der Waals surface area contributed by atoms with Crippen molar-refractivity contribution in [2.45, 2.75) is 19.8 Å². The number of aryl methyl sites for hydroxylation is 1. The molecule has 0 spiro atoms. The van der Waals surface area contributed by atoms with E-state index in [1.54, 1.807) is 0 Å². The molecular formula is C31H33N6OP. The van der Waals surface area contributed by atoms with Crippen LogP contribution in [0.3, 0.4) is 0 Å². The van der Waals surface area contributed by atoms with Crippen molar-refractivity contribution < 1.29 is 4.79 Å². The zero-order chi connectivity index (χ0) is 26.8. The zero-order valence-electron chi connectivity index (χ0n) is 22.3. The minimum absolute atomic E-state index is 0.0372. The van der Waals surface area contributed by atoms with E-state index < -0.39 is 0 Å². The van der Waals surface area contributed by atoms with Crippen molar-refractivity contribution >= 4 is 47.8 Å². The number of nitrogens with zero attached hydrogens (tertiary/aromatic N) is 4. The number of carbonyl (C=O) groups is 1. The Bertz CT molecular complexity index is 1640. The van der Waals surface area contributed by atoms with E-state index in [1.165, 1.54) is 5.56 Å². The van der Waals surface area contributed by atoms with Crippen molar-refractivity contribution in [3.8, 4) is 11.3 Å². The van der Waals surface area contributed by atoms with Gasteiger partial charge in [-0.05, 0) is 49.4 Å². The van der Waals surface area contributed by atoms with Crippen molar-refractivity contribution in [1.29, 1.82) is 0 Å². The third kappa shape index (κ3) is 5.19. The minimum Gasteiger partial charge on any atom is -0.370 e. The number of aromatic nitrogens is 3. The average Bonchev–Trinajstić information content (AvgIpc) is 3.40. The molecule has 3 heterocycles. The molecule has 2 amide bonds. The third-order valence-electron chi connectivity index (χ3n) is 7.57. The normalized spacial score (nSPS) is 15.8. The molecule has 6 rings (SSSR count). The summed E-state index contributed by atoms with van der Waals surface area (Å²) in [7, 11) is 0.613. The summed E-state index contributed by atoms with van der Waals surface area (Å²) in [4.78, 5) is 20.2. The maximum absolute atomic E-state index is 13.2. The number of likely N-dealkylation sites (tertiary alicyclic amines) is 1. The number of benzene rings is 3. The molecule has 1 saturated heterocycles. The number of hydrogen-bond acceptors (Lipinski definition) is 4. The molecule has 3 aromatic carbocycles. The number of fused-ring (bicyclic) bond motifs is 2. The van der Waals surface area contributed by atoms with Crippen LogP contribution in [0.2, 0.25) is 0 Å². The van der Waals surface area contributed by atoms with Crippen LogP contribution in [0.4, 0.5) is 16.3 Å². The molecule has 39 heavy (non-hydrogen) atoms. The number of carbonyl (C=O) groups excluding carboxylic acids is 1. The Kier molecular flexibility index (Phi) is 7.16. The van der Waals surface area contributed by atoms with E-state index in [0.29, 0.717) is 21.0 Å². The number of urea groups is 1. The lowest BCUT2D eigenvalue weighted by molar-refractivity contribution is 0.180. The quantitative estimate of drug-likeness (QED) is 0.256. The Labute approximate surface area is 230 Å². The number of hydrogen-bond donors (Lipinski definition) is 2. The monoisotopic (exact) mass is 536 g/mol. The summed E-state index contributed by atoms with van der Waals surface area (Å²) in [6.07, 6.45) is 3.98. The molecule has 198 valence electrons. The van der Waals surface area contributed by atoms with E-state index in [9.17, 15) is 4.79 Å². The molecule has 2 atom stereocenters. The first-order chi connectivity index (χ1) is 19.1. The molecule has 8 heteroatoms. The van der Waals surface area contributed by atoms with Crippen LogP contribution in [0.15, 0.2) is 79.0 Å². The maximum Gasteiger partial charge on any atom is 0.321 e. The van der Waals surface area contributed by atoms with Crippen molar-refractivity contribution in [2.75, 3.05) is 36.9 Å². The van der Waals surface area contributed by atoms with Gasteiger partial charge in [-0.15, -0.1) is 0 Å². The van der Waals surface area contributed by atoms with Gasteiger partial charge in [-0.3, -0.25) is 0 Å². The standard InChI is InChI=1S/C31H33N6OP/c1-21-9-3-5-13-24(21)27-17-29(37-30(34-27)28(39-2)19-33-37)32-18-22-10-8-16-36(20-22)31(38)35-26-15-7-12-23-11-4-6-14-25(23)26/h3-7,9,11-15,17,19,22,32,39H,8,10,16,18,20H2,1-2H3,(H,35,38). The van der Waals surface area contributed by atoms with E-state index in [-0.39, 0.29) is 6.03 Å². The lowest BCUT2D eigenvalue weighted by atomic mass is 9.98. The predicted molar refractivity (Wildman–Crippen MR) is 163 cm³/mol. The fourth-order valence-electron chi connectivity index (χ4n) is 5.46. The summed E-state index contributed by atoms with van der Waals surface area (Å²) < 4.78 is 1.92. The first kappa shape index (κ1) is 25.3. The van der Waals surface area contributed by atoms with Gasteiger partial charge in [-0.1, -0.05) is 69.2 Å². The van der Waals surface area contributed by atoms with E-state index in [2.05, 4.69) is 71.8 Å². The summed E-state index contributed by atoms with van der Waals surface area (Å²) in [5.41, 5.74) is 5.03. The van der Waals surface area contributed by atoms with Gasteiger partial charge in [0, 0.05) is 42.0 Å². The van der Waals surface area contributed by atoms with Crippen LogP contribution >= 0.6 is 8.58 Å². The molecule has 1 aliphatic heterocycles. The minimum atomic E-state index is -0.0372. The van der Waals surface area contributed by atoms with Gasteiger partial charge in [0.05, 0.1) is 17.6 Å². The Morgan fingerprint density at radius 2 is 1.90 bits per heavy atom. The van der Waals surface area contributed by atoms with Crippen molar-refractivity contribution in [3.63, 3.8) is 0 Å². The summed E-state index contributed by atoms with van der Waals surface area (Å²) in [6.45, 7) is 6.51. The molecular weight excluding hydrogens is 503 g/mol. The van der Waals surface area contributed by atoms with Crippen LogP contribution in [-0.4, -0.2) is 51.8 Å². The van der Waals surface area contributed by atoms with Crippen LogP contribution in [0.1, 0.15) is 18.4 Å². The van der Waals surface area contributed by atoms with Gasteiger partial charge in [0.2, 0.25) is 0 Å². The molecule has 2 aromatic heterocycles. The van der Waals surface area contributed by atoms with Crippen LogP contribution < -0.4 is 15.9 Å². The van der Waals surface area contributed by atoms with E-state index in [0.717, 1.165) is 70.4 Å². The lowest BCUT2D eigenvalue weighted by Crippen LogP contribution is -2.44. The van der Waals surface area contributed by atoms with Crippen LogP contribution in [0, 0.1) is 12.8 Å². The molecule has 0 bridgehead atoms. The molecule has 7 nitrogen and oxygen atoms in total. The largest absolute Gasteiger partial charge is 0.370 e. The maximum atomic E-state index is 13.2. The van der Waals surface area contributed by atoms with Crippen molar-refractivity contribution in [2.24, 2.45) is 5.92 Å². The highest BCUT2D eigenvalue weighted by Crippen LogP contribution is 2.27. The fourth-order valence-corrected chi connectivity index (χ4v) is 6.03. The lowest BCUT2D eigenvalue weighted by Gasteiger charge is -2.33. The second kappa shape index (κ2) is 11.0. The average molecular weight is 537 g/mol. The highest BCUT2D eigenvalue weighted by Gasteiger charge is 2.24. The molecule has 2 N–H and O–H groups in total. The topological polar surface area (TPSA) is 74.6 Å². The Hall–Kier alpha value is -3.96. The first-order valence-electron chi connectivity index (χ1n) is 13.5. The van der Waals surface area contributed by atoms with Gasteiger partial charge in [0.25, 0.3) is 0 Å². The summed E-state index contributed by atoms with van der Waals surface area (Å²) in [5, 5.41) is 14.8. The SMILES string of the molecule is CPc1cnn2c(NCC3CCCN(C(=O)Nc4cccc5ccccc45)C3)cc(-c3ccccc3C)nc12. The predicted octanol–water partition coefficient (Wildman–Crippen LogP) is 6.15. The Morgan fingerprint density at radius 3 is 2.77 bits per heavy atom. The molecule has 1 aliphatic rings. The van der Waals surface area contributed by atoms with Gasteiger partial charge in [-0.25, -0.2) is 9.78 Å². The second-order valence-electron chi connectivity index (χ2n) is 10.2. The summed E-state index contributed by atoms with van der Waals surface area (Å²) in [5.74, 6) is 1.27. The summed E-state index contributed by atoms with van der Waals surface area (Å²) >= 11 is 0. The van der Waals surface area contributed by atoms with Crippen molar-refractivity contribution in [1.82, 2.24) is 19.5 Å². The van der Waals surface area contributed by atoms with Gasteiger partial charge in [-0.2, -0.15) is 9.61 Å². The number of amides is 2. The highest BCUT2D eigenvalue weighted by atomic mass is 31.1. The summed E-state index contributed by atoms with van der Waals surface area (Å²) in [6, 6.07) is 24.6. The van der Waals surface area contributed by atoms with Crippen molar-refractivity contribution in [3.05, 3.63) is 84.6 Å². The number of rotatable bonds is 6. The van der Waals surface area contributed by atoms with E-state index >= 15 is 0 Å². The molecule has 0 radical (unpaired) electrons. The molecule has 2 unspecified atom stereocenters. The fraction of sp³-hybridized carbons (Fsp3) is 0.258. The van der Waals surface area contributed by atoms with E-state index in [4.69, 9.17) is 4.98 Å². The first-order valence-corrected chi connectivity index (χ1v) is 15.0. The third-order valence-corrected chi connectivity index (χ3v) is 8.46. The Morgan fingerprint density at radius 1 is 1.08 bits per heavy atom. The van der Waals surface area contributed by atoms with Gasteiger partial charge in [0.15, 0.2) is 5.65 Å². The van der Waals surface area contributed by atoms with Crippen LogP contribution in [-0.2, 0) is 0 Å². The van der Waals surface area contributed by atoms with Gasteiger partial charge < -0.3 is 15.5 Å². The Balaban J connectivity index is 1.19. The van der Waals surface area contributed by atoms with Crippen LogP contribution in [0.25, 0.3) is 27.7 Å².